The van der Waals surface area contributed by atoms with E-state index in [4.69, 9.17) is 20.3 Å². The first-order chi connectivity index (χ1) is 8.00. The van der Waals surface area contributed by atoms with Crippen LogP contribution in [-0.4, -0.2) is 30.9 Å². The Balaban J connectivity index is 2.12. The first-order valence-electron chi connectivity index (χ1n) is 5.34. The summed E-state index contributed by atoms with van der Waals surface area (Å²) in [5.74, 6) is -0.692. The molecule has 0 unspecified atom stereocenters. The van der Waals surface area contributed by atoms with E-state index in [0.717, 1.165) is 0 Å². The topological polar surface area (TPSA) is 81.8 Å². The van der Waals surface area contributed by atoms with Crippen LogP contribution in [-0.2, 0) is 4.74 Å². The Labute approximate surface area is 99.1 Å². The van der Waals surface area contributed by atoms with Gasteiger partial charge in [-0.1, -0.05) is 6.92 Å². The van der Waals surface area contributed by atoms with E-state index < -0.39 is 5.97 Å². The minimum Gasteiger partial charge on any atom is -0.492 e. The predicted molar refractivity (Wildman–Crippen MR) is 62.2 cm³/mol. The summed E-state index contributed by atoms with van der Waals surface area (Å²) in [6.07, 6.45) is 0. The summed E-state index contributed by atoms with van der Waals surface area (Å²) in [5.41, 5.74) is 6.03. The van der Waals surface area contributed by atoms with Crippen molar-refractivity contribution in [1.29, 1.82) is 0 Å². The van der Waals surface area contributed by atoms with Crippen LogP contribution in [0, 0.1) is 5.41 Å². The lowest BCUT2D eigenvalue weighted by atomic mass is 9.90. The fourth-order valence-electron chi connectivity index (χ4n) is 1.63. The van der Waals surface area contributed by atoms with Gasteiger partial charge in [-0.2, -0.15) is 0 Å². The maximum atomic E-state index is 11.0. The average Bonchev–Trinajstić information content (AvgIpc) is 2.24. The van der Waals surface area contributed by atoms with Crippen LogP contribution in [0.1, 0.15) is 17.3 Å². The van der Waals surface area contributed by atoms with Crippen LogP contribution in [0.4, 0.5) is 5.69 Å². The highest BCUT2D eigenvalue weighted by Crippen LogP contribution is 2.29. The third-order valence-electron chi connectivity index (χ3n) is 2.71. The number of ether oxygens (including phenoxy) is 2. The molecule has 5 heteroatoms. The van der Waals surface area contributed by atoms with Gasteiger partial charge in [-0.15, -0.1) is 0 Å². The van der Waals surface area contributed by atoms with E-state index in [1.165, 1.54) is 6.07 Å². The molecule has 0 aromatic heterocycles. The van der Waals surface area contributed by atoms with Gasteiger partial charge >= 0.3 is 5.97 Å². The summed E-state index contributed by atoms with van der Waals surface area (Å²) in [7, 11) is 0. The summed E-state index contributed by atoms with van der Waals surface area (Å²) >= 11 is 0. The quantitative estimate of drug-likeness (QED) is 0.773. The van der Waals surface area contributed by atoms with Crippen LogP contribution in [0.15, 0.2) is 18.2 Å². The monoisotopic (exact) mass is 237 g/mol. The summed E-state index contributed by atoms with van der Waals surface area (Å²) in [6, 6.07) is 4.61. The Hall–Kier alpha value is -1.75. The molecule has 0 bridgehead atoms. The second-order valence-electron chi connectivity index (χ2n) is 4.65. The maximum Gasteiger partial charge on any atom is 0.339 e. The number of benzene rings is 1. The highest BCUT2D eigenvalue weighted by Gasteiger charge is 2.34. The summed E-state index contributed by atoms with van der Waals surface area (Å²) in [6.45, 7) is 3.76. The Morgan fingerprint density at radius 2 is 2.29 bits per heavy atom. The molecule has 1 fully saturated rings. The van der Waals surface area contributed by atoms with E-state index in [1.807, 2.05) is 6.92 Å². The minimum atomic E-state index is -1.04. The van der Waals surface area contributed by atoms with Crippen molar-refractivity contribution in [1.82, 2.24) is 0 Å². The molecule has 1 aliphatic heterocycles. The van der Waals surface area contributed by atoms with Gasteiger partial charge in [0.1, 0.15) is 11.3 Å². The first kappa shape index (κ1) is 11.7. The summed E-state index contributed by atoms with van der Waals surface area (Å²) < 4.78 is 10.7. The van der Waals surface area contributed by atoms with Crippen LogP contribution in [0.3, 0.4) is 0 Å². The smallest absolute Gasteiger partial charge is 0.339 e. The summed E-state index contributed by atoms with van der Waals surface area (Å²) in [5, 5.41) is 9.03. The molecule has 1 aromatic carbocycles. The Bertz CT molecular complexity index is 440. The molecule has 3 N–H and O–H groups in total. The molecule has 0 aliphatic carbocycles. The van der Waals surface area contributed by atoms with Gasteiger partial charge in [-0.3, -0.25) is 0 Å². The lowest BCUT2D eigenvalue weighted by Crippen LogP contribution is -2.44. The molecule has 2 rings (SSSR count). The van der Waals surface area contributed by atoms with Crippen molar-refractivity contribution in [2.45, 2.75) is 6.92 Å². The molecule has 92 valence electrons. The van der Waals surface area contributed by atoms with Crippen molar-refractivity contribution in [3.05, 3.63) is 23.8 Å². The van der Waals surface area contributed by atoms with Crippen molar-refractivity contribution < 1.29 is 19.4 Å². The van der Waals surface area contributed by atoms with Crippen LogP contribution < -0.4 is 10.5 Å². The number of carboxylic acids is 1. The second kappa shape index (κ2) is 4.25. The number of aromatic carboxylic acids is 1. The second-order valence-corrected chi connectivity index (χ2v) is 4.65. The number of anilines is 1. The molecular weight excluding hydrogens is 222 g/mol. The van der Waals surface area contributed by atoms with Crippen LogP contribution in [0.25, 0.3) is 0 Å². The van der Waals surface area contributed by atoms with Crippen molar-refractivity contribution in [2.24, 2.45) is 5.41 Å². The van der Waals surface area contributed by atoms with Gasteiger partial charge in [0, 0.05) is 11.1 Å². The van der Waals surface area contributed by atoms with E-state index in [1.54, 1.807) is 12.1 Å². The maximum absolute atomic E-state index is 11.0. The first-order valence-corrected chi connectivity index (χ1v) is 5.34. The average molecular weight is 237 g/mol. The van der Waals surface area contributed by atoms with Crippen molar-refractivity contribution in [3.8, 4) is 5.75 Å². The zero-order valence-electron chi connectivity index (χ0n) is 9.60. The van der Waals surface area contributed by atoms with Crippen molar-refractivity contribution in [3.63, 3.8) is 0 Å². The van der Waals surface area contributed by atoms with Gasteiger partial charge in [-0.25, -0.2) is 4.79 Å². The Morgan fingerprint density at radius 1 is 1.59 bits per heavy atom. The number of hydrogen-bond donors (Lipinski definition) is 2. The number of nitrogens with two attached hydrogens (primary N) is 1. The molecular formula is C12H15NO4. The van der Waals surface area contributed by atoms with Crippen LogP contribution >= 0.6 is 0 Å². The Kier molecular flexibility index (Phi) is 2.93. The van der Waals surface area contributed by atoms with E-state index in [0.29, 0.717) is 31.3 Å². The molecule has 1 saturated heterocycles. The molecule has 0 saturated carbocycles. The molecule has 1 aromatic rings. The number of carbonyl (C=O) groups is 1. The Morgan fingerprint density at radius 3 is 2.82 bits per heavy atom. The van der Waals surface area contributed by atoms with Crippen molar-refractivity contribution in [2.75, 3.05) is 25.6 Å². The summed E-state index contributed by atoms with van der Waals surface area (Å²) in [4.78, 5) is 11.0. The van der Waals surface area contributed by atoms with Gasteiger partial charge in [0.05, 0.1) is 19.8 Å². The molecule has 17 heavy (non-hydrogen) atoms. The highest BCUT2D eigenvalue weighted by molar-refractivity contribution is 5.92. The molecule has 0 radical (unpaired) electrons. The SMILES string of the molecule is CC1(COc2ccc(N)cc2C(=O)O)COC1. The predicted octanol–water partition coefficient (Wildman–Crippen LogP) is 1.38. The minimum absolute atomic E-state index is 0.0167. The zero-order chi connectivity index (χ0) is 12.5. The third kappa shape index (κ3) is 2.50. The lowest BCUT2D eigenvalue weighted by molar-refractivity contribution is -0.120. The van der Waals surface area contributed by atoms with E-state index in [2.05, 4.69) is 0 Å². The van der Waals surface area contributed by atoms with Gasteiger partial charge in [0.2, 0.25) is 0 Å². The van der Waals surface area contributed by atoms with Gasteiger partial charge < -0.3 is 20.3 Å². The number of carboxylic acid groups (broad SMARTS) is 1. The van der Waals surface area contributed by atoms with Crippen LogP contribution in [0.2, 0.25) is 0 Å². The fourth-order valence-corrected chi connectivity index (χ4v) is 1.63. The molecule has 5 nitrogen and oxygen atoms in total. The van der Waals surface area contributed by atoms with E-state index in [9.17, 15) is 4.79 Å². The van der Waals surface area contributed by atoms with Gasteiger partial charge in [-0.05, 0) is 18.2 Å². The van der Waals surface area contributed by atoms with Gasteiger partial charge in [0.25, 0.3) is 0 Å². The van der Waals surface area contributed by atoms with E-state index >= 15 is 0 Å². The molecule has 1 heterocycles. The van der Waals surface area contributed by atoms with Crippen molar-refractivity contribution >= 4 is 11.7 Å². The molecule has 0 amide bonds. The zero-order valence-corrected chi connectivity index (χ0v) is 9.60. The standard InChI is InChI=1S/C12H15NO4/c1-12(5-16-6-12)7-17-10-3-2-8(13)4-9(10)11(14)15/h2-4H,5-7,13H2,1H3,(H,14,15). The largest absolute Gasteiger partial charge is 0.492 e. The molecule has 1 aliphatic rings. The number of nitrogen functional groups attached to an aromatic ring is 1. The number of rotatable bonds is 4. The highest BCUT2D eigenvalue weighted by atomic mass is 16.5. The third-order valence-corrected chi connectivity index (χ3v) is 2.71. The number of hydrogen-bond acceptors (Lipinski definition) is 4. The van der Waals surface area contributed by atoms with Gasteiger partial charge in [0.15, 0.2) is 0 Å². The van der Waals surface area contributed by atoms with Crippen LogP contribution in [0.5, 0.6) is 5.75 Å². The normalized spacial score (nSPS) is 17.2. The fraction of sp³-hybridized carbons (Fsp3) is 0.417. The van der Waals surface area contributed by atoms with E-state index in [-0.39, 0.29) is 11.0 Å². The molecule has 0 spiro atoms. The lowest BCUT2D eigenvalue weighted by Gasteiger charge is -2.37. The molecule has 0 atom stereocenters.